The van der Waals surface area contributed by atoms with Crippen molar-refractivity contribution in [2.75, 3.05) is 24.6 Å². The van der Waals surface area contributed by atoms with Gasteiger partial charge in [-0.15, -0.1) is 0 Å². The summed E-state index contributed by atoms with van der Waals surface area (Å²) in [5.41, 5.74) is 2.84. The Kier molecular flexibility index (Phi) is 7.75. The highest BCUT2D eigenvalue weighted by Gasteiger charge is 2.44. The SMILES string of the molecule is CCCN1C(=O)CN(c2ccc(Cc3cc([C@@H]4O[C@H](CO)[C@@H](O)[C@H](O)[C@H]4O)ccc3Cl)cc2)C1=O. The number of amides is 3. The van der Waals surface area contributed by atoms with Gasteiger partial charge in [-0.05, 0) is 47.7 Å². The lowest BCUT2D eigenvalue weighted by Crippen LogP contribution is -2.55. The summed E-state index contributed by atoms with van der Waals surface area (Å²) in [4.78, 5) is 27.4. The van der Waals surface area contributed by atoms with Crippen molar-refractivity contribution in [2.45, 2.75) is 50.3 Å². The number of hydrogen-bond donors (Lipinski definition) is 4. The third-order valence-electron chi connectivity index (χ3n) is 6.44. The van der Waals surface area contributed by atoms with E-state index < -0.39 is 37.1 Å². The molecule has 2 aliphatic heterocycles. The maximum atomic E-state index is 12.6. The predicted octanol–water partition coefficient (Wildman–Crippen LogP) is 1.62. The van der Waals surface area contributed by atoms with Crippen LogP contribution in [0.1, 0.15) is 36.1 Å². The molecular weight excluding hydrogens is 476 g/mol. The van der Waals surface area contributed by atoms with Gasteiger partial charge in [-0.1, -0.05) is 42.8 Å². The maximum absolute atomic E-state index is 12.6. The fraction of sp³-hybridized carbons (Fsp3) is 0.440. The van der Waals surface area contributed by atoms with Gasteiger partial charge in [0.2, 0.25) is 0 Å². The molecule has 2 fully saturated rings. The molecule has 4 N–H and O–H groups in total. The molecule has 2 aliphatic rings. The van der Waals surface area contributed by atoms with Crippen molar-refractivity contribution in [2.24, 2.45) is 0 Å². The van der Waals surface area contributed by atoms with Crippen LogP contribution in [0.4, 0.5) is 10.5 Å². The lowest BCUT2D eigenvalue weighted by Gasteiger charge is -2.40. The number of urea groups is 1. The molecule has 35 heavy (non-hydrogen) atoms. The van der Waals surface area contributed by atoms with E-state index in [-0.39, 0.29) is 18.5 Å². The Morgan fingerprint density at radius 1 is 1.03 bits per heavy atom. The highest BCUT2D eigenvalue weighted by Crippen LogP contribution is 2.34. The molecular formula is C25H29ClN2O7. The topological polar surface area (TPSA) is 131 Å². The number of imide groups is 1. The highest BCUT2D eigenvalue weighted by molar-refractivity contribution is 6.31. The molecule has 0 spiro atoms. The fourth-order valence-electron chi connectivity index (χ4n) is 4.48. The number of rotatable bonds is 7. The van der Waals surface area contributed by atoms with Crippen LogP contribution in [0.3, 0.4) is 0 Å². The van der Waals surface area contributed by atoms with E-state index >= 15 is 0 Å². The fourth-order valence-corrected chi connectivity index (χ4v) is 4.67. The van der Waals surface area contributed by atoms with E-state index in [2.05, 4.69) is 0 Å². The average Bonchev–Trinajstić information content (AvgIpc) is 3.13. The molecule has 0 radical (unpaired) electrons. The summed E-state index contributed by atoms with van der Waals surface area (Å²) in [7, 11) is 0. The zero-order valence-electron chi connectivity index (χ0n) is 19.2. The van der Waals surface area contributed by atoms with Crippen molar-refractivity contribution in [3.05, 3.63) is 64.2 Å². The van der Waals surface area contributed by atoms with E-state index in [0.29, 0.717) is 35.7 Å². The number of anilines is 1. The van der Waals surface area contributed by atoms with E-state index in [1.54, 1.807) is 30.3 Å². The molecule has 0 saturated carbocycles. The molecule has 2 saturated heterocycles. The number of carbonyl (C=O) groups is 2. The zero-order valence-corrected chi connectivity index (χ0v) is 20.0. The Hall–Kier alpha value is -2.53. The summed E-state index contributed by atoms with van der Waals surface area (Å²) in [6, 6.07) is 12.0. The van der Waals surface area contributed by atoms with Gasteiger partial charge in [-0.2, -0.15) is 0 Å². The van der Waals surface area contributed by atoms with Gasteiger partial charge < -0.3 is 25.2 Å². The number of aliphatic hydroxyl groups excluding tert-OH is 4. The lowest BCUT2D eigenvalue weighted by atomic mass is 9.90. The molecule has 188 valence electrons. The number of carbonyl (C=O) groups excluding carboxylic acids is 2. The van der Waals surface area contributed by atoms with Crippen LogP contribution in [0.15, 0.2) is 42.5 Å². The highest BCUT2D eigenvalue weighted by atomic mass is 35.5. The summed E-state index contributed by atoms with van der Waals surface area (Å²) in [5.74, 6) is -0.210. The summed E-state index contributed by atoms with van der Waals surface area (Å²) >= 11 is 6.42. The van der Waals surface area contributed by atoms with Crippen LogP contribution in [0.25, 0.3) is 0 Å². The Morgan fingerprint density at radius 3 is 2.40 bits per heavy atom. The van der Waals surface area contributed by atoms with Gasteiger partial charge in [-0.3, -0.25) is 14.6 Å². The number of nitrogens with zero attached hydrogens (tertiary/aromatic N) is 2. The number of halogens is 1. The minimum atomic E-state index is -1.47. The number of ether oxygens (including phenoxy) is 1. The first-order valence-electron chi connectivity index (χ1n) is 11.5. The van der Waals surface area contributed by atoms with Gasteiger partial charge in [0.15, 0.2) is 0 Å². The Morgan fingerprint density at radius 2 is 1.74 bits per heavy atom. The molecule has 4 rings (SSSR count). The summed E-state index contributed by atoms with van der Waals surface area (Å²) in [6.07, 6.45) is -5.08. The molecule has 9 nitrogen and oxygen atoms in total. The van der Waals surface area contributed by atoms with Crippen molar-refractivity contribution in [3.8, 4) is 0 Å². The molecule has 0 unspecified atom stereocenters. The second-order valence-electron chi connectivity index (χ2n) is 8.86. The van der Waals surface area contributed by atoms with E-state index in [9.17, 15) is 30.0 Å². The van der Waals surface area contributed by atoms with Crippen LogP contribution in [0, 0.1) is 0 Å². The van der Waals surface area contributed by atoms with E-state index in [1.807, 2.05) is 19.1 Å². The van der Waals surface area contributed by atoms with E-state index in [1.165, 1.54) is 9.80 Å². The van der Waals surface area contributed by atoms with Gasteiger partial charge in [0, 0.05) is 17.3 Å². The number of hydrogen-bond acceptors (Lipinski definition) is 7. The van der Waals surface area contributed by atoms with Crippen LogP contribution in [0.2, 0.25) is 5.02 Å². The standard InChI is InChI=1S/C25H29ClN2O7/c1-2-9-27-20(30)12-28(25(27)34)17-6-3-14(4-7-17)10-16-11-15(5-8-18(16)26)24-23(33)22(32)21(31)19(13-29)35-24/h3-8,11,19,21-24,29,31-33H,2,9-10,12-13H2,1H3/t19-,21-,22+,23-,24+/m1/s1. The third-order valence-corrected chi connectivity index (χ3v) is 6.81. The van der Waals surface area contributed by atoms with Crippen LogP contribution < -0.4 is 4.90 Å². The zero-order chi connectivity index (χ0) is 25.3. The third kappa shape index (κ3) is 5.06. The summed E-state index contributed by atoms with van der Waals surface area (Å²) < 4.78 is 5.66. The quantitative estimate of drug-likeness (QED) is 0.421. The monoisotopic (exact) mass is 504 g/mol. The largest absolute Gasteiger partial charge is 0.394 e. The van der Waals surface area contributed by atoms with Gasteiger partial charge in [0.05, 0.1) is 6.61 Å². The molecule has 3 amide bonds. The van der Waals surface area contributed by atoms with E-state index in [0.717, 1.165) is 11.1 Å². The molecule has 2 aromatic rings. The maximum Gasteiger partial charge on any atom is 0.331 e. The minimum Gasteiger partial charge on any atom is -0.394 e. The summed E-state index contributed by atoms with van der Waals surface area (Å²) in [6.45, 7) is 1.83. The van der Waals surface area contributed by atoms with Crippen LogP contribution in [-0.4, -0.2) is 81.4 Å². The van der Waals surface area contributed by atoms with Crippen LogP contribution in [-0.2, 0) is 16.0 Å². The lowest BCUT2D eigenvalue weighted by molar-refractivity contribution is -0.231. The van der Waals surface area contributed by atoms with Crippen LogP contribution in [0.5, 0.6) is 0 Å². The predicted molar refractivity (Wildman–Crippen MR) is 128 cm³/mol. The number of benzene rings is 2. The van der Waals surface area contributed by atoms with Crippen molar-refractivity contribution >= 4 is 29.2 Å². The number of aliphatic hydroxyl groups is 4. The van der Waals surface area contributed by atoms with Gasteiger partial charge >= 0.3 is 6.03 Å². The molecule has 2 heterocycles. The molecule has 0 bridgehead atoms. The van der Waals surface area contributed by atoms with Gasteiger partial charge in [0.25, 0.3) is 5.91 Å². The first kappa shape index (κ1) is 25.6. The van der Waals surface area contributed by atoms with Crippen molar-refractivity contribution in [3.63, 3.8) is 0 Å². The molecule has 10 heteroatoms. The molecule has 2 aromatic carbocycles. The van der Waals surface area contributed by atoms with Crippen molar-refractivity contribution in [1.29, 1.82) is 0 Å². The first-order chi connectivity index (χ1) is 16.7. The van der Waals surface area contributed by atoms with Gasteiger partial charge in [-0.25, -0.2) is 4.79 Å². The smallest absolute Gasteiger partial charge is 0.331 e. The molecule has 0 aliphatic carbocycles. The van der Waals surface area contributed by atoms with Crippen LogP contribution >= 0.6 is 11.6 Å². The van der Waals surface area contributed by atoms with E-state index in [4.69, 9.17) is 16.3 Å². The van der Waals surface area contributed by atoms with Crippen molar-refractivity contribution < 1.29 is 34.8 Å². The minimum absolute atomic E-state index is 0.0190. The Labute approximate surface area is 208 Å². The average molecular weight is 505 g/mol. The van der Waals surface area contributed by atoms with Crippen molar-refractivity contribution in [1.82, 2.24) is 4.90 Å². The Bertz CT molecular complexity index is 1080. The molecule has 0 aromatic heterocycles. The normalized spacial score (nSPS) is 27.1. The second-order valence-corrected chi connectivity index (χ2v) is 9.26. The first-order valence-corrected chi connectivity index (χ1v) is 11.9. The Balaban J connectivity index is 1.51. The molecule has 5 atom stereocenters. The second kappa shape index (κ2) is 10.6. The summed E-state index contributed by atoms with van der Waals surface area (Å²) in [5, 5.41) is 40.5. The van der Waals surface area contributed by atoms with Gasteiger partial charge in [0.1, 0.15) is 37.1 Å².